The number of morpholine rings is 1. The van der Waals surface area contributed by atoms with Crippen molar-refractivity contribution in [2.24, 2.45) is 5.92 Å². The van der Waals surface area contributed by atoms with Crippen LogP contribution in [-0.4, -0.2) is 56.3 Å². The normalized spacial score (nSPS) is 23.3. The van der Waals surface area contributed by atoms with Gasteiger partial charge in [-0.2, -0.15) is 0 Å². The van der Waals surface area contributed by atoms with Gasteiger partial charge in [0.05, 0.1) is 18.8 Å². The maximum atomic E-state index is 12.3. The van der Waals surface area contributed by atoms with Gasteiger partial charge in [-0.25, -0.2) is 4.68 Å². The molecule has 1 fully saturated rings. The fourth-order valence-electron chi connectivity index (χ4n) is 2.78. The number of carbonyl (C=O) groups excluding carboxylic acids is 1. The molecule has 0 radical (unpaired) electrons. The van der Waals surface area contributed by atoms with E-state index in [0.29, 0.717) is 38.6 Å². The summed E-state index contributed by atoms with van der Waals surface area (Å²) in [5, 5.41) is 10.9. The summed E-state index contributed by atoms with van der Waals surface area (Å²) in [5.41, 5.74) is -0.225. The Bertz CT molecular complexity index is 434. The first-order chi connectivity index (χ1) is 9.48. The summed E-state index contributed by atoms with van der Waals surface area (Å²) in [7, 11) is 0. The first kappa shape index (κ1) is 14.9. The Morgan fingerprint density at radius 2 is 2.30 bits per heavy atom. The molecule has 2 rings (SSSR count). The van der Waals surface area contributed by atoms with Crippen molar-refractivity contribution in [2.75, 3.05) is 19.7 Å². The molecule has 0 aliphatic carbocycles. The summed E-state index contributed by atoms with van der Waals surface area (Å²) < 4.78 is 7.45. The summed E-state index contributed by atoms with van der Waals surface area (Å²) in [5.74, 6) is 0.690. The predicted octanol–water partition coefficient (Wildman–Crippen LogP) is 0.727. The number of amides is 1. The molecule has 7 nitrogen and oxygen atoms in total. The van der Waals surface area contributed by atoms with Crippen LogP contribution in [0.2, 0.25) is 0 Å². The molecule has 0 aromatic carbocycles. The van der Waals surface area contributed by atoms with Crippen molar-refractivity contribution in [2.45, 2.75) is 45.8 Å². The van der Waals surface area contributed by atoms with E-state index in [9.17, 15) is 4.79 Å². The highest BCUT2D eigenvalue weighted by molar-refractivity contribution is 5.76. The minimum absolute atomic E-state index is 0.138. The molecule has 1 atom stereocenters. The first-order valence-electron chi connectivity index (χ1n) is 7.11. The zero-order valence-electron chi connectivity index (χ0n) is 12.4. The number of nitrogens with zero attached hydrogens (tertiary/aromatic N) is 5. The van der Waals surface area contributed by atoms with Crippen LogP contribution in [0, 0.1) is 5.92 Å². The number of aryl methyl sites for hydroxylation is 1. The largest absolute Gasteiger partial charge is 0.372 e. The lowest BCUT2D eigenvalue weighted by atomic mass is 9.92. The number of tetrazole rings is 1. The van der Waals surface area contributed by atoms with E-state index in [1.54, 1.807) is 4.68 Å². The molecule has 112 valence electrons. The minimum atomic E-state index is -0.225. The van der Waals surface area contributed by atoms with Gasteiger partial charge in [-0.1, -0.05) is 13.8 Å². The van der Waals surface area contributed by atoms with Crippen molar-refractivity contribution in [1.29, 1.82) is 0 Å². The smallest absolute Gasteiger partial charge is 0.224 e. The maximum Gasteiger partial charge on any atom is 0.224 e. The highest BCUT2D eigenvalue weighted by Crippen LogP contribution is 2.25. The molecule has 0 N–H and O–H groups in total. The van der Waals surface area contributed by atoms with Gasteiger partial charge in [0.15, 0.2) is 0 Å². The van der Waals surface area contributed by atoms with Crippen LogP contribution >= 0.6 is 0 Å². The zero-order chi connectivity index (χ0) is 14.6. The van der Waals surface area contributed by atoms with Crippen molar-refractivity contribution >= 4 is 5.91 Å². The second kappa shape index (κ2) is 6.30. The Balaban J connectivity index is 1.86. The van der Waals surface area contributed by atoms with E-state index in [2.05, 4.69) is 36.3 Å². The van der Waals surface area contributed by atoms with Crippen LogP contribution in [-0.2, 0) is 16.1 Å². The average Bonchev–Trinajstić information content (AvgIpc) is 2.87. The highest BCUT2D eigenvalue weighted by atomic mass is 16.5. The molecule has 1 aliphatic heterocycles. The minimum Gasteiger partial charge on any atom is -0.372 e. The number of hydrogen-bond acceptors (Lipinski definition) is 5. The van der Waals surface area contributed by atoms with Gasteiger partial charge < -0.3 is 9.64 Å². The number of ether oxygens (including phenoxy) is 1. The van der Waals surface area contributed by atoms with E-state index < -0.39 is 0 Å². The second-order valence-corrected chi connectivity index (χ2v) is 6.03. The Morgan fingerprint density at radius 1 is 1.50 bits per heavy atom. The van der Waals surface area contributed by atoms with Gasteiger partial charge in [-0.05, 0) is 29.7 Å². The lowest BCUT2D eigenvalue weighted by Crippen LogP contribution is -2.52. The lowest BCUT2D eigenvalue weighted by molar-refractivity contribution is -0.150. The van der Waals surface area contributed by atoms with Crippen molar-refractivity contribution in [3.63, 3.8) is 0 Å². The third kappa shape index (κ3) is 4.00. The Kier molecular flexibility index (Phi) is 4.69. The average molecular weight is 281 g/mol. The van der Waals surface area contributed by atoms with Crippen molar-refractivity contribution < 1.29 is 9.53 Å². The molecule has 0 saturated carbocycles. The summed E-state index contributed by atoms with van der Waals surface area (Å²) in [4.78, 5) is 14.2. The molecular weight excluding hydrogens is 258 g/mol. The maximum absolute atomic E-state index is 12.3. The Hall–Kier alpha value is -1.50. The lowest BCUT2D eigenvalue weighted by Gasteiger charge is -2.41. The molecule has 1 aromatic heterocycles. The summed E-state index contributed by atoms with van der Waals surface area (Å²) in [6, 6.07) is 0. The van der Waals surface area contributed by atoms with Crippen LogP contribution in [0.15, 0.2) is 6.33 Å². The fraction of sp³-hybridized carbons (Fsp3) is 0.846. The molecular formula is C13H23N5O2. The van der Waals surface area contributed by atoms with E-state index in [0.717, 1.165) is 6.42 Å². The van der Waals surface area contributed by atoms with Gasteiger partial charge in [-0.3, -0.25) is 4.79 Å². The van der Waals surface area contributed by atoms with Crippen LogP contribution in [0.4, 0.5) is 0 Å². The number of rotatable bonds is 5. The second-order valence-electron chi connectivity index (χ2n) is 6.03. The van der Waals surface area contributed by atoms with E-state index in [1.807, 2.05) is 4.90 Å². The van der Waals surface area contributed by atoms with Gasteiger partial charge in [0.25, 0.3) is 0 Å². The molecule has 7 heteroatoms. The molecule has 1 amide bonds. The zero-order valence-corrected chi connectivity index (χ0v) is 12.4. The van der Waals surface area contributed by atoms with Gasteiger partial charge in [0.1, 0.15) is 6.33 Å². The van der Waals surface area contributed by atoms with Crippen LogP contribution < -0.4 is 0 Å². The third-order valence-electron chi connectivity index (χ3n) is 3.48. The predicted molar refractivity (Wildman–Crippen MR) is 72.8 cm³/mol. The Labute approximate surface area is 119 Å². The molecule has 1 saturated heterocycles. The van der Waals surface area contributed by atoms with E-state index in [-0.39, 0.29) is 11.5 Å². The summed E-state index contributed by atoms with van der Waals surface area (Å²) in [6.45, 7) is 8.90. The van der Waals surface area contributed by atoms with Gasteiger partial charge >= 0.3 is 0 Å². The molecule has 20 heavy (non-hydrogen) atoms. The summed E-state index contributed by atoms with van der Waals surface area (Å²) >= 11 is 0. The highest BCUT2D eigenvalue weighted by Gasteiger charge is 2.34. The summed E-state index contributed by atoms with van der Waals surface area (Å²) in [6.07, 6.45) is 2.90. The molecule has 0 bridgehead atoms. The topological polar surface area (TPSA) is 73.1 Å². The first-order valence-corrected chi connectivity index (χ1v) is 7.11. The molecule has 2 heterocycles. The van der Waals surface area contributed by atoms with Gasteiger partial charge in [-0.15, -0.1) is 5.10 Å². The number of carbonyl (C=O) groups is 1. The van der Waals surface area contributed by atoms with Gasteiger partial charge in [0, 0.05) is 19.5 Å². The molecule has 0 spiro atoms. The monoisotopic (exact) mass is 281 g/mol. The fourth-order valence-corrected chi connectivity index (χ4v) is 2.78. The molecule has 1 aliphatic rings. The molecule has 1 unspecified atom stereocenters. The van der Waals surface area contributed by atoms with Crippen LogP contribution in [0.25, 0.3) is 0 Å². The van der Waals surface area contributed by atoms with Crippen molar-refractivity contribution in [1.82, 2.24) is 25.1 Å². The van der Waals surface area contributed by atoms with Crippen molar-refractivity contribution in [3.05, 3.63) is 6.33 Å². The van der Waals surface area contributed by atoms with E-state index >= 15 is 0 Å². The van der Waals surface area contributed by atoms with Gasteiger partial charge in [0.2, 0.25) is 5.91 Å². The van der Waals surface area contributed by atoms with E-state index in [1.165, 1.54) is 6.33 Å². The van der Waals surface area contributed by atoms with E-state index in [4.69, 9.17) is 4.74 Å². The standard InChI is InChI=1S/C13H23N5O2/c1-11(2)8-13(3)9-17(6-7-20-13)12(19)4-5-18-10-14-15-16-18/h10-11H,4-9H2,1-3H3. The number of aromatic nitrogens is 4. The van der Waals surface area contributed by atoms with Crippen LogP contribution in [0.1, 0.15) is 33.6 Å². The molecule has 1 aromatic rings. The third-order valence-corrected chi connectivity index (χ3v) is 3.48. The quantitative estimate of drug-likeness (QED) is 0.795. The number of hydrogen-bond donors (Lipinski definition) is 0. The van der Waals surface area contributed by atoms with Crippen LogP contribution in [0.3, 0.4) is 0 Å². The van der Waals surface area contributed by atoms with Crippen LogP contribution in [0.5, 0.6) is 0 Å². The SMILES string of the molecule is CC(C)CC1(C)CN(C(=O)CCn2cnnn2)CCO1. The van der Waals surface area contributed by atoms with Crippen molar-refractivity contribution in [3.8, 4) is 0 Å². The Morgan fingerprint density at radius 3 is 2.95 bits per heavy atom.